The lowest BCUT2D eigenvalue weighted by Gasteiger charge is -2.25. The molecule has 4 unspecified atom stereocenters. The molecule has 0 saturated heterocycles. The number of rotatable bonds is 10. The van der Waals surface area contributed by atoms with E-state index in [2.05, 4.69) is 5.32 Å². The van der Waals surface area contributed by atoms with Crippen LogP contribution in [0.4, 0.5) is 5.69 Å². The summed E-state index contributed by atoms with van der Waals surface area (Å²) in [5.74, 6) is -3.82. The van der Waals surface area contributed by atoms with Gasteiger partial charge in [0.05, 0.1) is 0 Å². The van der Waals surface area contributed by atoms with Crippen molar-refractivity contribution >= 4 is 37.3 Å². The molecule has 9 heteroatoms. The van der Waals surface area contributed by atoms with Crippen molar-refractivity contribution in [2.75, 3.05) is 5.32 Å². The number of halogens is 1. The second kappa shape index (κ2) is 10.2. The maximum atomic E-state index is 12.2. The van der Waals surface area contributed by atoms with Gasteiger partial charge in [0, 0.05) is 17.1 Å². The first-order chi connectivity index (χ1) is 13.3. The zero-order valence-electron chi connectivity index (χ0n) is 14.7. The van der Waals surface area contributed by atoms with E-state index in [9.17, 15) is 24.2 Å². The van der Waals surface area contributed by atoms with Crippen LogP contribution in [0.5, 0.6) is 0 Å². The van der Waals surface area contributed by atoms with Gasteiger partial charge >= 0.3 is 20.0 Å². The minimum absolute atomic E-state index is 0.266. The molecule has 7 nitrogen and oxygen atoms in total. The SMILES string of the molecule is O=C(O)CCC(C(=O)O)C(C(Nc1cccc(Cl)c1)c1ccccc1)[P+](=O)O. The molecule has 0 amide bonds. The molecule has 0 aromatic heterocycles. The van der Waals surface area contributed by atoms with Gasteiger partial charge in [0.25, 0.3) is 0 Å². The summed E-state index contributed by atoms with van der Waals surface area (Å²) < 4.78 is 12.2. The highest BCUT2D eigenvalue weighted by molar-refractivity contribution is 7.39. The van der Waals surface area contributed by atoms with Gasteiger partial charge in [-0.15, -0.1) is 0 Å². The second-order valence-electron chi connectivity index (χ2n) is 6.21. The summed E-state index contributed by atoms with van der Waals surface area (Å²) in [6.07, 6.45) is -0.688. The lowest BCUT2D eigenvalue weighted by molar-refractivity contribution is -0.143. The van der Waals surface area contributed by atoms with E-state index in [1.165, 1.54) is 0 Å². The van der Waals surface area contributed by atoms with E-state index in [0.29, 0.717) is 16.3 Å². The molecule has 0 fully saturated rings. The van der Waals surface area contributed by atoms with Crippen LogP contribution in [0, 0.1) is 5.92 Å². The lowest BCUT2D eigenvalue weighted by atomic mass is 9.90. The summed E-state index contributed by atoms with van der Waals surface area (Å²) >= 11 is 6.01. The second-order valence-corrected chi connectivity index (χ2v) is 7.85. The number of benzene rings is 2. The quantitative estimate of drug-likeness (QED) is 0.422. The van der Waals surface area contributed by atoms with E-state index < -0.39 is 44.0 Å². The molecular formula is C19H20ClNO6P+. The van der Waals surface area contributed by atoms with Crippen LogP contribution < -0.4 is 5.32 Å². The molecule has 148 valence electrons. The number of carbonyl (C=O) groups is 2. The first-order valence-electron chi connectivity index (χ1n) is 8.46. The van der Waals surface area contributed by atoms with Gasteiger partial charge < -0.3 is 15.5 Å². The molecule has 4 N–H and O–H groups in total. The van der Waals surface area contributed by atoms with Crippen LogP contribution in [0.3, 0.4) is 0 Å². The van der Waals surface area contributed by atoms with E-state index in [4.69, 9.17) is 16.7 Å². The van der Waals surface area contributed by atoms with Gasteiger partial charge in [-0.05, 0) is 34.7 Å². The molecule has 0 radical (unpaired) electrons. The van der Waals surface area contributed by atoms with Crippen molar-refractivity contribution in [2.45, 2.75) is 24.5 Å². The summed E-state index contributed by atoms with van der Waals surface area (Å²) in [6.45, 7) is 0. The summed E-state index contributed by atoms with van der Waals surface area (Å²) in [5.41, 5.74) is -0.106. The Bertz CT molecular complexity index is 847. The molecule has 0 saturated carbocycles. The van der Waals surface area contributed by atoms with Gasteiger partial charge in [-0.25, -0.2) is 0 Å². The normalized spacial score (nSPS) is 14.6. The van der Waals surface area contributed by atoms with Crippen molar-refractivity contribution in [1.29, 1.82) is 0 Å². The van der Waals surface area contributed by atoms with Crippen LogP contribution >= 0.6 is 19.6 Å². The van der Waals surface area contributed by atoms with E-state index in [1.807, 2.05) is 0 Å². The van der Waals surface area contributed by atoms with Gasteiger partial charge in [0.15, 0.2) is 0 Å². The molecule has 2 rings (SSSR count). The Morgan fingerprint density at radius 1 is 1.07 bits per heavy atom. The Hall–Kier alpha value is -2.47. The minimum atomic E-state index is -2.95. The lowest BCUT2D eigenvalue weighted by Crippen LogP contribution is -2.35. The van der Waals surface area contributed by atoms with Gasteiger partial charge in [0.1, 0.15) is 12.0 Å². The van der Waals surface area contributed by atoms with Crippen LogP contribution in [0.15, 0.2) is 54.6 Å². The average Bonchev–Trinajstić information content (AvgIpc) is 2.63. The number of carboxylic acids is 2. The monoisotopic (exact) mass is 424 g/mol. The average molecular weight is 425 g/mol. The topological polar surface area (TPSA) is 124 Å². The minimum Gasteiger partial charge on any atom is -0.481 e. The molecule has 4 atom stereocenters. The van der Waals surface area contributed by atoms with Gasteiger partial charge in [-0.3, -0.25) is 9.59 Å². The third-order valence-corrected chi connectivity index (χ3v) is 5.70. The first kappa shape index (κ1) is 21.8. The maximum Gasteiger partial charge on any atom is 0.512 e. The smallest absolute Gasteiger partial charge is 0.481 e. The number of carboxylic acid groups (broad SMARTS) is 2. The third kappa shape index (κ3) is 6.02. The van der Waals surface area contributed by atoms with Gasteiger partial charge in [-0.2, -0.15) is 4.89 Å². The maximum absolute atomic E-state index is 12.2. The molecule has 0 aliphatic rings. The summed E-state index contributed by atoms with van der Waals surface area (Å²) in [6, 6.07) is 14.5. The summed E-state index contributed by atoms with van der Waals surface area (Å²) in [5, 5.41) is 22.1. The summed E-state index contributed by atoms with van der Waals surface area (Å²) in [4.78, 5) is 32.7. The molecule has 28 heavy (non-hydrogen) atoms. The molecule has 0 spiro atoms. The highest BCUT2D eigenvalue weighted by Gasteiger charge is 2.48. The first-order valence-corrected chi connectivity index (χ1v) is 10.1. The molecule has 2 aromatic rings. The fraction of sp³-hybridized carbons (Fsp3) is 0.263. The van der Waals surface area contributed by atoms with Crippen molar-refractivity contribution in [3.63, 3.8) is 0 Å². The Balaban J connectivity index is 2.47. The Morgan fingerprint density at radius 2 is 1.75 bits per heavy atom. The van der Waals surface area contributed by atoms with Gasteiger partial charge in [0.2, 0.25) is 5.66 Å². The Morgan fingerprint density at radius 3 is 2.29 bits per heavy atom. The van der Waals surface area contributed by atoms with Crippen molar-refractivity contribution in [2.24, 2.45) is 5.92 Å². The number of anilines is 1. The standard InChI is InChI=1S/C19H19ClNO6P/c20-13-7-4-8-14(11-13)21-17(12-5-2-1-3-6-12)18(28(26)27)15(19(24)25)9-10-16(22)23/h1-8,11,15,17-18,21H,9-10H2,(H2-,22,23,24,25,26,27)/p+1. The van der Waals surface area contributed by atoms with Crippen LogP contribution in [0.2, 0.25) is 5.02 Å². The van der Waals surface area contributed by atoms with Crippen molar-refractivity contribution < 1.29 is 29.3 Å². The predicted molar refractivity (Wildman–Crippen MR) is 106 cm³/mol. The predicted octanol–water partition coefficient (Wildman–Crippen LogP) is 4.16. The van der Waals surface area contributed by atoms with Crippen LogP contribution in [0.1, 0.15) is 24.4 Å². The van der Waals surface area contributed by atoms with Gasteiger partial charge in [-0.1, -0.05) is 48.0 Å². The fourth-order valence-electron chi connectivity index (χ4n) is 3.02. The third-order valence-electron chi connectivity index (χ3n) is 4.30. The Labute approximate surface area is 167 Å². The number of aliphatic carboxylic acids is 2. The number of hydrogen-bond acceptors (Lipinski definition) is 4. The zero-order valence-corrected chi connectivity index (χ0v) is 16.4. The Kier molecular flexibility index (Phi) is 7.93. The largest absolute Gasteiger partial charge is 0.512 e. The van der Waals surface area contributed by atoms with Crippen LogP contribution in [-0.2, 0) is 14.2 Å². The summed E-state index contributed by atoms with van der Waals surface area (Å²) in [7, 11) is -2.95. The zero-order chi connectivity index (χ0) is 20.7. The van der Waals surface area contributed by atoms with Crippen LogP contribution in [0.25, 0.3) is 0 Å². The molecule has 0 heterocycles. The van der Waals surface area contributed by atoms with Crippen molar-refractivity contribution in [3.8, 4) is 0 Å². The molecule has 0 aliphatic carbocycles. The van der Waals surface area contributed by atoms with Crippen molar-refractivity contribution in [3.05, 3.63) is 65.2 Å². The molecule has 0 bridgehead atoms. The molecule has 0 aliphatic heterocycles. The fourth-order valence-corrected chi connectivity index (χ4v) is 4.29. The van der Waals surface area contributed by atoms with Crippen molar-refractivity contribution in [1.82, 2.24) is 0 Å². The van der Waals surface area contributed by atoms with E-state index in [0.717, 1.165) is 0 Å². The van der Waals surface area contributed by atoms with E-state index in [1.54, 1.807) is 54.6 Å². The number of hydrogen-bond donors (Lipinski definition) is 4. The number of nitrogens with one attached hydrogen (secondary N) is 1. The highest BCUT2D eigenvalue weighted by Crippen LogP contribution is 2.42. The molecule has 2 aromatic carbocycles. The highest BCUT2D eigenvalue weighted by atomic mass is 35.5. The molecular weight excluding hydrogens is 405 g/mol. The van der Waals surface area contributed by atoms with E-state index in [-0.39, 0.29) is 6.42 Å². The van der Waals surface area contributed by atoms with E-state index >= 15 is 0 Å². The van der Waals surface area contributed by atoms with Crippen LogP contribution in [-0.4, -0.2) is 32.7 Å².